The van der Waals surface area contributed by atoms with Crippen molar-refractivity contribution in [1.29, 1.82) is 0 Å². The third-order valence-corrected chi connectivity index (χ3v) is 3.59. The van der Waals surface area contributed by atoms with E-state index < -0.39 is 0 Å². The van der Waals surface area contributed by atoms with Gasteiger partial charge in [-0.05, 0) is 38.0 Å². The summed E-state index contributed by atoms with van der Waals surface area (Å²) in [7, 11) is 0. The van der Waals surface area contributed by atoms with Crippen molar-refractivity contribution < 1.29 is 4.74 Å². The number of aryl methyl sites for hydroxylation is 2. The number of nitrogens with two attached hydrogens (primary N) is 1. The molecule has 2 N–H and O–H groups in total. The van der Waals surface area contributed by atoms with E-state index in [4.69, 9.17) is 10.5 Å². The summed E-state index contributed by atoms with van der Waals surface area (Å²) >= 11 is 1.64. The molecule has 1 heterocycles. The van der Waals surface area contributed by atoms with E-state index in [-0.39, 0.29) is 6.04 Å². The van der Waals surface area contributed by atoms with Crippen LogP contribution in [0.1, 0.15) is 34.8 Å². The van der Waals surface area contributed by atoms with E-state index in [1.807, 2.05) is 38.3 Å². The van der Waals surface area contributed by atoms with Crippen LogP contribution in [-0.2, 0) is 6.61 Å². The molecule has 0 saturated heterocycles. The van der Waals surface area contributed by atoms with Crippen LogP contribution in [0.25, 0.3) is 0 Å². The Kier molecular flexibility index (Phi) is 3.99. The van der Waals surface area contributed by atoms with Gasteiger partial charge >= 0.3 is 0 Å². The van der Waals surface area contributed by atoms with Crippen LogP contribution >= 0.6 is 11.3 Å². The van der Waals surface area contributed by atoms with E-state index in [1.54, 1.807) is 11.3 Å². The number of thiazole rings is 1. The van der Waals surface area contributed by atoms with Crippen LogP contribution in [0.5, 0.6) is 5.75 Å². The minimum atomic E-state index is 0.0546. The van der Waals surface area contributed by atoms with Crippen molar-refractivity contribution in [2.45, 2.75) is 33.4 Å². The van der Waals surface area contributed by atoms with Gasteiger partial charge in [-0.1, -0.05) is 12.1 Å². The van der Waals surface area contributed by atoms with Gasteiger partial charge < -0.3 is 10.5 Å². The fourth-order valence-electron chi connectivity index (χ4n) is 1.74. The van der Waals surface area contributed by atoms with Gasteiger partial charge in [0.05, 0.1) is 10.7 Å². The Bertz CT molecular complexity index is 534. The standard InChI is InChI=1S/C14H18N2OS/c1-9-6-12(10(2)15)4-5-14(9)17-7-13-8-18-11(3)16-13/h4-6,8,10H,7,15H2,1-3H3. The first kappa shape index (κ1) is 13.1. The SMILES string of the molecule is Cc1nc(COc2ccc(C(C)N)cc2C)cs1. The molecule has 2 rings (SSSR count). The monoisotopic (exact) mass is 262 g/mol. The summed E-state index contributed by atoms with van der Waals surface area (Å²) < 4.78 is 5.77. The zero-order valence-corrected chi connectivity index (χ0v) is 11.8. The molecule has 0 radical (unpaired) electrons. The highest BCUT2D eigenvalue weighted by Gasteiger charge is 2.05. The summed E-state index contributed by atoms with van der Waals surface area (Å²) in [5.41, 5.74) is 9.07. The molecular weight excluding hydrogens is 244 g/mol. The van der Waals surface area contributed by atoms with E-state index in [9.17, 15) is 0 Å². The fraction of sp³-hybridized carbons (Fsp3) is 0.357. The van der Waals surface area contributed by atoms with Gasteiger partial charge in [0.15, 0.2) is 0 Å². The average molecular weight is 262 g/mol. The zero-order valence-electron chi connectivity index (χ0n) is 10.9. The lowest BCUT2D eigenvalue weighted by Crippen LogP contribution is -2.05. The minimum absolute atomic E-state index is 0.0546. The first-order valence-electron chi connectivity index (χ1n) is 5.96. The predicted octanol–water partition coefficient (Wildman–Crippen LogP) is 3.36. The van der Waals surface area contributed by atoms with Gasteiger partial charge in [-0.3, -0.25) is 0 Å². The van der Waals surface area contributed by atoms with E-state index in [1.165, 1.54) is 0 Å². The number of nitrogens with zero attached hydrogens (tertiary/aromatic N) is 1. The summed E-state index contributed by atoms with van der Waals surface area (Å²) in [4.78, 5) is 4.37. The van der Waals surface area contributed by atoms with Gasteiger partial charge in [0.25, 0.3) is 0 Å². The van der Waals surface area contributed by atoms with Crippen molar-refractivity contribution >= 4 is 11.3 Å². The maximum absolute atomic E-state index is 5.85. The van der Waals surface area contributed by atoms with Crippen molar-refractivity contribution in [2.24, 2.45) is 5.73 Å². The van der Waals surface area contributed by atoms with Crippen molar-refractivity contribution in [1.82, 2.24) is 4.98 Å². The lowest BCUT2D eigenvalue weighted by Gasteiger charge is -2.11. The Morgan fingerprint density at radius 2 is 2.17 bits per heavy atom. The number of hydrogen-bond donors (Lipinski definition) is 1. The van der Waals surface area contributed by atoms with Gasteiger partial charge in [-0.2, -0.15) is 0 Å². The molecule has 18 heavy (non-hydrogen) atoms. The van der Waals surface area contributed by atoms with Crippen LogP contribution in [0, 0.1) is 13.8 Å². The summed E-state index contributed by atoms with van der Waals surface area (Å²) in [6.45, 7) is 6.53. The first-order chi connectivity index (χ1) is 8.56. The van der Waals surface area contributed by atoms with Gasteiger partial charge in [-0.15, -0.1) is 11.3 Å². The molecule has 0 bridgehead atoms. The van der Waals surface area contributed by atoms with Crippen molar-refractivity contribution in [2.75, 3.05) is 0 Å². The van der Waals surface area contributed by atoms with Gasteiger partial charge in [-0.25, -0.2) is 4.98 Å². The Hall–Kier alpha value is -1.39. The third kappa shape index (κ3) is 3.09. The van der Waals surface area contributed by atoms with Gasteiger partial charge in [0, 0.05) is 11.4 Å². The van der Waals surface area contributed by atoms with E-state index >= 15 is 0 Å². The first-order valence-corrected chi connectivity index (χ1v) is 6.84. The molecule has 0 aliphatic heterocycles. The van der Waals surface area contributed by atoms with E-state index in [0.717, 1.165) is 27.6 Å². The second kappa shape index (κ2) is 5.50. The summed E-state index contributed by atoms with van der Waals surface area (Å²) in [6, 6.07) is 6.12. The molecule has 1 aromatic heterocycles. The molecule has 0 fully saturated rings. The molecule has 4 heteroatoms. The van der Waals surface area contributed by atoms with Crippen molar-refractivity contribution in [3.8, 4) is 5.75 Å². The maximum Gasteiger partial charge on any atom is 0.131 e. The van der Waals surface area contributed by atoms with Crippen LogP contribution in [0.15, 0.2) is 23.6 Å². The van der Waals surface area contributed by atoms with Crippen LogP contribution < -0.4 is 10.5 Å². The molecule has 0 spiro atoms. The van der Waals surface area contributed by atoms with Crippen LogP contribution in [0.4, 0.5) is 0 Å². The largest absolute Gasteiger partial charge is 0.487 e. The molecule has 96 valence electrons. The zero-order chi connectivity index (χ0) is 13.1. The van der Waals surface area contributed by atoms with Crippen molar-refractivity contribution in [3.05, 3.63) is 45.4 Å². The number of ether oxygens (including phenoxy) is 1. The lowest BCUT2D eigenvalue weighted by molar-refractivity contribution is 0.300. The molecule has 0 aliphatic rings. The van der Waals surface area contributed by atoms with E-state index in [0.29, 0.717) is 6.61 Å². The number of rotatable bonds is 4. The topological polar surface area (TPSA) is 48.1 Å². The lowest BCUT2D eigenvalue weighted by atomic mass is 10.1. The summed E-state index contributed by atoms with van der Waals surface area (Å²) in [5.74, 6) is 0.894. The molecule has 1 aromatic carbocycles. The molecule has 1 unspecified atom stereocenters. The molecule has 2 aromatic rings. The summed E-state index contributed by atoms with van der Waals surface area (Å²) in [6.07, 6.45) is 0. The fourth-order valence-corrected chi connectivity index (χ4v) is 2.34. The molecule has 0 saturated carbocycles. The van der Waals surface area contributed by atoms with Crippen molar-refractivity contribution in [3.63, 3.8) is 0 Å². The summed E-state index contributed by atoms with van der Waals surface area (Å²) in [5, 5.41) is 3.10. The molecular formula is C14H18N2OS. The highest BCUT2D eigenvalue weighted by molar-refractivity contribution is 7.09. The maximum atomic E-state index is 5.85. The molecule has 1 atom stereocenters. The van der Waals surface area contributed by atoms with Crippen LogP contribution in [0.3, 0.4) is 0 Å². The highest BCUT2D eigenvalue weighted by atomic mass is 32.1. The van der Waals surface area contributed by atoms with Crippen LogP contribution in [0.2, 0.25) is 0 Å². The average Bonchev–Trinajstić information content (AvgIpc) is 2.73. The van der Waals surface area contributed by atoms with E-state index in [2.05, 4.69) is 11.1 Å². The third-order valence-electron chi connectivity index (χ3n) is 2.77. The van der Waals surface area contributed by atoms with Gasteiger partial charge in [0.1, 0.15) is 12.4 Å². The number of benzene rings is 1. The number of hydrogen-bond acceptors (Lipinski definition) is 4. The molecule has 3 nitrogen and oxygen atoms in total. The Morgan fingerprint density at radius 1 is 1.39 bits per heavy atom. The number of aromatic nitrogens is 1. The normalized spacial score (nSPS) is 12.4. The van der Waals surface area contributed by atoms with Gasteiger partial charge in [0.2, 0.25) is 0 Å². The Morgan fingerprint density at radius 3 is 2.72 bits per heavy atom. The predicted molar refractivity (Wildman–Crippen MR) is 75.0 cm³/mol. The highest BCUT2D eigenvalue weighted by Crippen LogP contribution is 2.23. The Labute approximate surface area is 112 Å². The Balaban J connectivity index is 2.05. The molecule has 0 amide bonds. The molecule has 0 aliphatic carbocycles. The minimum Gasteiger partial charge on any atom is -0.487 e. The second-order valence-corrected chi connectivity index (χ2v) is 5.52. The smallest absolute Gasteiger partial charge is 0.131 e. The second-order valence-electron chi connectivity index (χ2n) is 4.46. The van der Waals surface area contributed by atoms with Crippen LogP contribution in [-0.4, -0.2) is 4.98 Å². The quantitative estimate of drug-likeness (QED) is 0.919.